The molecular formula is C58H50N2. The maximum absolute atomic E-state index is 2.45. The van der Waals surface area contributed by atoms with Crippen molar-refractivity contribution in [3.63, 3.8) is 0 Å². The van der Waals surface area contributed by atoms with E-state index in [1.165, 1.54) is 88.1 Å². The Kier molecular flexibility index (Phi) is 10.9. The van der Waals surface area contributed by atoms with Crippen LogP contribution >= 0.6 is 0 Å². The SMILES string of the molecule is C1=CC(c2ccc(-c3cccc(-n4c5ccccc5c5c6c7ccccc7n(-c7cccc(-c8ccc(-c9ccccc9)cc8)c7)c6ccc54)c3)cc2)=CCC1.CC.CC. The number of rotatable bonds is 6. The molecule has 0 saturated heterocycles. The van der Waals surface area contributed by atoms with E-state index in [1.54, 1.807) is 0 Å². The van der Waals surface area contributed by atoms with Crippen LogP contribution in [0.3, 0.4) is 0 Å². The molecule has 0 amide bonds. The summed E-state index contributed by atoms with van der Waals surface area (Å²) in [6, 6.07) is 68.9. The van der Waals surface area contributed by atoms with Gasteiger partial charge in [0.25, 0.3) is 0 Å². The summed E-state index contributed by atoms with van der Waals surface area (Å²) < 4.78 is 4.90. The number of nitrogens with zero attached hydrogens (tertiary/aromatic N) is 2. The minimum Gasteiger partial charge on any atom is -0.309 e. The van der Waals surface area contributed by atoms with E-state index >= 15 is 0 Å². The van der Waals surface area contributed by atoms with Crippen molar-refractivity contribution in [3.8, 4) is 44.8 Å². The van der Waals surface area contributed by atoms with Crippen molar-refractivity contribution < 1.29 is 0 Å². The van der Waals surface area contributed by atoms with Crippen molar-refractivity contribution in [2.45, 2.75) is 40.5 Å². The Morgan fingerprint density at radius 1 is 0.333 bits per heavy atom. The van der Waals surface area contributed by atoms with Crippen LogP contribution in [-0.2, 0) is 0 Å². The summed E-state index contributed by atoms with van der Waals surface area (Å²) in [5, 5.41) is 5.07. The highest BCUT2D eigenvalue weighted by molar-refractivity contribution is 6.29. The Balaban J connectivity index is 0.00000112. The molecule has 1 aliphatic carbocycles. The molecule has 2 nitrogen and oxygen atoms in total. The van der Waals surface area contributed by atoms with Crippen molar-refractivity contribution in [3.05, 3.63) is 212 Å². The molecule has 2 heteroatoms. The summed E-state index contributed by atoms with van der Waals surface area (Å²) in [6.45, 7) is 8.00. The fraction of sp³-hybridized carbons (Fsp3) is 0.103. The zero-order valence-electron chi connectivity index (χ0n) is 34.9. The number of hydrogen-bond donors (Lipinski definition) is 0. The highest BCUT2D eigenvalue weighted by Gasteiger charge is 2.21. The first-order valence-corrected chi connectivity index (χ1v) is 21.6. The molecule has 8 aromatic carbocycles. The predicted octanol–water partition coefficient (Wildman–Crippen LogP) is 16.7. The summed E-state index contributed by atoms with van der Waals surface area (Å²) in [5.41, 5.74) is 17.0. The lowest BCUT2D eigenvalue weighted by atomic mass is 9.97. The average Bonchev–Trinajstić information content (AvgIpc) is 3.86. The normalized spacial score (nSPS) is 12.2. The number of hydrogen-bond acceptors (Lipinski definition) is 0. The maximum Gasteiger partial charge on any atom is 0.0548 e. The number of fused-ring (bicyclic) bond motifs is 7. The quantitative estimate of drug-likeness (QED) is 0.159. The Hall–Kier alpha value is -7.16. The summed E-state index contributed by atoms with van der Waals surface area (Å²) in [4.78, 5) is 0. The Morgan fingerprint density at radius 2 is 0.750 bits per heavy atom. The molecule has 0 aliphatic heterocycles. The van der Waals surface area contributed by atoms with Crippen LogP contribution in [-0.4, -0.2) is 9.13 Å². The Bertz CT molecular complexity index is 3150. The number of aromatic nitrogens is 2. The van der Waals surface area contributed by atoms with Crippen LogP contribution in [0.5, 0.6) is 0 Å². The van der Waals surface area contributed by atoms with Crippen molar-refractivity contribution in [2.75, 3.05) is 0 Å². The molecule has 1 aliphatic rings. The third-order valence-corrected chi connectivity index (χ3v) is 11.6. The maximum atomic E-state index is 2.45. The molecule has 0 N–H and O–H groups in total. The van der Waals surface area contributed by atoms with Crippen molar-refractivity contribution in [1.29, 1.82) is 0 Å². The molecule has 60 heavy (non-hydrogen) atoms. The second kappa shape index (κ2) is 17.0. The molecule has 0 atom stereocenters. The van der Waals surface area contributed by atoms with Gasteiger partial charge >= 0.3 is 0 Å². The van der Waals surface area contributed by atoms with E-state index in [4.69, 9.17) is 0 Å². The fourth-order valence-corrected chi connectivity index (χ4v) is 8.89. The van der Waals surface area contributed by atoms with Crippen LogP contribution in [0.2, 0.25) is 0 Å². The van der Waals surface area contributed by atoms with Gasteiger partial charge in [0.15, 0.2) is 0 Å². The third-order valence-electron chi connectivity index (χ3n) is 11.6. The molecule has 0 saturated carbocycles. The summed E-state index contributed by atoms with van der Waals surface area (Å²) >= 11 is 0. The molecule has 2 heterocycles. The predicted molar refractivity (Wildman–Crippen MR) is 260 cm³/mol. The Morgan fingerprint density at radius 3 is 1.23 bits per heavy atom. The van der Waals surface area contributed by atoms with Gasteiger partial charge in [0, 0.05) is 32.9 Å². The fourth-order valence-electron chi connectivity index (χ4n) is 8.89. The van der Waals surface area contributed by atoms with Gasteiger partial charge in [0.2, 0.25) is 0 Å². The zero-order chi connectivity index (χ0) is 41.0. The van der Waals surface area contributed by atoms with E-state index in [0.29, 0.717) is 0 Å². The van der Waals surface area contributed by atoms with Crippen LogP contribution < -0.4 is 0 Å². The molecule has 0 radical (unpaired) electrons. The zero-order valence-corrected chi connectivity index (χ0v) is 34.9. The largest absolute Gasteiger partial charge is 0.309 e. The van der Waals surface area contributed by atoms with E-state index in [9.17, 15) is 0 Å². The molecular weight excluding hydrogens is 725 g/mol. The van der Waals surface area contributed by atoms with Crippen molar-refractivity contribution in [1.82, 2.24) is 9.13 Å². The molecule has 0 unspecified atom stereocenters. The second-order valence-corrected chi connectivity index (χ2v) is 14.8. The lowest BCUT2D eigenvalue weighted by Gasteiger charge is -2.12. The van der Waals surface area contributed by atoms with Gasteiger partial charge in [0.1, 0.15) is 0 Å². The summed E-state index contributed by atoms with van der Waals surface area (Å²) in [6.07, 6.45) is 9.10. The van der Waals surface area contributed by atoms with E-state index in [0.717, 1.165) is 24.2 Å². The van der Waals surface area contributed by atoms with Crippen LogP contribution in [0, 0.1) is 0 Å². The van der Waals surface area contributed by atoms with Crippen LogP contribution in [0.4, 0.5) is 0 Å². The molecule has 0 bridgehead atoms. The third kappa shape index (κ3) is 6.84. The van der Waals surface area contributed by atoms with E-state index in [-0.39, 0.29) is 0 Å². The molecule has 0 fully saturated rings. The van der Waals surface area contributed by atoms with Gasteiger partial charge in [-0.1, -0.05) is 185 Å². The number of benzene rings is 8. The van der Waals surface area contributed by atoms with E-state index < -0.39 is 0 Å². The molecule has 0 spiro atoms. The lowest BCUT2D eigenvalue weighted by Crippen LogP contribution is -1.95. The lowest BCUT2D eigenvalue weighted by molar-refractivity contribution is 1.04. The van der Waals surface area contributed by atoms with Gasteiger partial charge in [-0.3, -0.25) is 0 Å². The molecule has 292 valence electrons. The van der Waals surface area contributed by atoms with Gasteiger partial charge in [-0.25, -0.2) is 0 Å². The van der Waals surface area contributed by atoms with Crippen LogP contribution in [0.15, 0.2) is 206 Å². The smallest absolute Gasteiger partial charge is 0.0548 e. The van der Waals surface area contributed by atoms with Crippen molar-refractivity contribution >= 4 is 49.2 Å². The van der Waals surface area contributed by atoms with Gasteiger partial charge in [-0.05, 0) is 106 Å². The van der Waals surface area contributed by atoms with E-state index in [2.05, 4.69) is 215 Å². The number of para-hydroxylation sites is 2. The second-order valence-electron chi connectivity index (χ2n) is 14.8. The van der Waals surface area contributed by atoms with Crippen LogP contribution in [0.1, 0.15) is 46.1 Å². The first-order valence-electron chi connectivity index (χ1n) is 21.6. The van der Waals surface area contributed by atoms with Gasteiger partial charge in [0.05, 0.1) is 22.1 Å². The number of allylic oxidation sites excluding steroid dienone is 4. The molecule has 10 aromatic rings. The summed E-state index contributed by atoms with van der Waals surface area (Å²) in [5.74, 6) is 0. The summed E-state index contributed by atoms with van der Waals surface area (Å²) in [7, 11) is 0. The first-order chi connectivity index (χ1) is 29.8. The minimum atomic E-state index is 1.11. The highest BCUT2D eigenvalue weighted by atomic mass is 15.0. The first kappa shape index (κ1) is 38.4. The average molecular weight is 775 g/mol. The minimum absolute atomic E-state index is 1.11. The van der Waals surface area contributed by atoms with Gasteiger partial charge in [-0.15, -0.1) is 0 Å². The standard InChI is InChI=1S/C54H38N2.2C2H6/c1-3-13-37(14-4-1)39-25-29-41(30-26-39)43-17-11-19-45(35-43)55-49-23-9-7-21-47(49)53-51(55)33-34-52-54(53)48-22-8-10-24-50(48)56(52)46-20-12-18-44(36-46)42-31-27-40(28-32-42)38-15-5-2-6-16-38;2*1-2/h1,3-5,7-36H,2,6H2;2*1-2H3. The van der Waals surface area contributed by atoms with Gasteiger partial charge in [-0.2, -0.15) is 0 Å². The monoisotopic (exact) mass is 774 g/mol. The van der Waals surface area contributed by atoms with E-state index in [1.807, 2.05) is 27.7 Å². The highest BCUT2D eigenvalue weighted by Crippen LogP contribution is 2.43. The molecule has 2 aromatic heterocycles. The molecule has 11 rings (SSSR count). The van der Waals surface area contributed by atoms with Crippen LogP contribution in [0.25, 0.3) is 93.9 Å². The van der Waals surface area contributed by atoms with Crippen molar-refractivity contribution in [2.24, 2.45) is 0 Å². The van der Waals surface area contributed by atoms with Gasteiger partial charge < -0.3 is 9.13 Å². The topological polar surface area (TPSA) is 9.86 Å². The Labute approximate surface area is 354 Å².